The normalized spacial score (nSPS) is 17.7. The second-order valence-electron chi connectivity index (χ2n) is 4.09. The molecule has 0 unspecified atom stereocenters. The molecule has 1 aliphatic heterocycles. The molecule has 1 rings (SSSR count). The van der Waals surface area contributed by atoms with Gasteiger partial charge in [0.15, 0.2) is 0 Å². The van der Waals surface area contributed by atoms with Crippen LogP contribution < -0.4 is 10.6 Å². The Kier molecular flexibility index (Phi) is 6.36. The third kappa shape index (κ3) is 5.74. The van der Waals surface area contributed by atoms with Crippen LogP contribution in [0.15, 0.2) is 0 Å². The standard InChI is InChI=1S/C11H22N2O2/c1-15-8-2-5-13-11(14)9-10-3-6-12-7-4-10/h10,12H,2-9H2,1H3,(H,13,14). The summed E-state index contributed by atoms with van der Waals surface area (Å²) in [7, 11) is 1.68. The number of carbonyl (C=O) groups excluding carboxylic acids is 1. The van der Waals surface area contributed by atoms with Gasteiger partial charge >= 0.3 is 0 Å². The van der Waals surface area contributed by atoms with Gasteiger partial charge in [-0.05, 0) is 38.3 Å². The second-order valence-corrected chi connectivity index (χ2v) is 4.09. The summed E-state index contributed by atoms with van der Waals surface area (Å²) >= 11 is 0. The van der Waals surface area contributed by atoms with Gasteiger partial charge in [-0.25, -0.2) is 0 Å². The van der Waals surface area contributed by atoms with Gasteiger partial charge < -0.3 is 15.4 Å². The lowest BCUT2D eigenvalue weighted by molar-refractivity contribution is -0.122. The average Bonchev–Trinajstić information content (AvgIpc) is 2.26. The second kappa shape index (κ2) is 7.65. The van der Waals surface area contributed by atoms with Crippen molar-refractivity contribution in [3.63, 3.8) is 0 Å². The highest BCUT2D eigenvalue weighted by Crippen LogP contribution is 2.15. The summed E-state index contributed by atoms with van der Waals surface area (Å²) in [4.78, 5) is 11.5. The molecule has 0 bridgehead atoms. The molecule has 1 fully saturated rings. The highest BCUT2D eigenvalue weighted by Gasteiger charge is 2.16. The van der Waals surface area contributed by atoms with E-state index in [0.717, 1.165) is 38.9 Å². The summed E-state index contributed by atoms with van der Waals surface area (Å²) < 4.78 is 4.91. The minimum absolute atomic E-state index is 0.193. The Morgan fingerprint density at radius 2 is 2.20 bits per heavy atom. The van der Waals surface area contributed by atoms with Crippen molar-refractivity contribution < 1.29 is 9.53 Å². The largest absolute Gasteiger partial charge is 0.385 e. The molecule has 0 aromatic heterocycles. The lowest BCUT2D eigenvalue weighted by atomic mass is 9.94. The number of hydrogen-bond acceptors (Lipinski definition) is 3. The SMILES string of the molecule is COCCCNC(=O)CC1CCNCC1. The fourth-order valence-corrected chi connectivity index (χ4v) is 1.86. The maximum atomic E-state index is 11.5. The van der Waals surface area contributed by atoms with Crippen LogP contribution in [0.5, 0.6) is 0 Å². The lowest BCUT2D eigenvalue weighted by Gasteiger charge is -2.21. The topological polar surface area (TPSA) is 50.4 Å². The van der Waals surface area contributed by atoms with Crippen molar-refractivity contribution in [2.45, 2.75) is 25.7 Å². The van der Waals surface area contributed by atoms with Gasteiger partial charge in [-0.2, -0.15) is 0 Å². The van der Waals surface area contributed by atoms with Crippen molar-refractivity contribution >= 4 is 5.91 Å². The molecular weight excluding hydrogens is 192 g/mol. The summed E-state index contributed by atoms with van der Waals surface area (Å²) in [5.41, 5.74) is 0. The van der Waals surface area contributed by atoms with Gasteiger partial charge in [0.1, 0.15) is 0 Å². The molecule has 0 saturated carbocycles. The zero-order chi connectivity index (χ0) is 10.9. The van der Waals surface area contributed by atoms with Gasteiger partial charge in [-0.1, -0.05) is 0 Å². The molecule has 0 aliphatic carbocycles. The molecule has 1 heterocycles. The molecule has 88 valence electrons. The van der Waals surface area contributed by atoms with Crippen LogP contribution in [-0.4, -0.2) is 39.3 Å². The quantitative estimate of drug-likeness (QED) is 0.634. The van der Waals surface area contributed by atoms with Crippen molar-refractivity contribution in [3.8, 4) is 0 Å². The number of ether oxygens (including phenoxy) is 1. The average molecular weight is 214 g/mol. The molecule has 15 heavy (non-hydrogen) atoms. The van der Waals surface area contributed by atoms with E-state index >= 15 is 0 Å². The van der Waals surface area contributed by atoms with Crippen LogP contribution in [0.2, 0.25) is 0 Å². The predicted molar refractivity (Wildman–Crippen MR) is 59.7 cm³/mol. The van der Waals surface area contributed by atoms with Crippen molar-refractivity contribution in [2.75, 3.05) is 33.4 Å². The molecule has 0 atom stereocenters. The van der Waals surface area contributed by atoms with Gasteiger partial charge in [-0.3, -0.25) is 4.79 Å². The van der Waals surface area contributed by atoms with Crippen LogP contribution in [0.3, 0.4) is 0 Å². The minimum Gasteiger partial charge on any atom is -0.385 e. The zero-order valence-electron chi connectivity index (χ0n) is 9.55. The van der Waals surface area contributed by atoms with Crippen molar-refractivity contribution in [3.05, 3.63) is 0 Å². The fourth-order valence-electron chi connectivity index (χ4n) is 1.86. The fraction of sp³-hybridized carbons (Fsp3) is 0.909. The Balaban J connectivity index is 2.01. The smallest absolute Gasteiger partial charge is 0.220 e. The maximum absolute atomic E-state index is 11.5. The van der Waals surface area contributed by atoms with Crippen LogP contribution in [-0.2, 0) is 9.53 Å². The lowest BCUT2D eigenvalue weighted by Crippen LogP contribution is -2.32. The third-order valence-corrected chi connectivity index (χ3v) is 2.78. The summed E-state index contributed by atoms with van der Waals surface area (Å²) in [6.07, 6.45) is 3.85. The molecule has 0 radical (unpaired) electrons. The number of carbonyl (C=O) groups is 1. The van der Waals surface area contributed by atoms with E-state index in [1.165, 1.54) is 0 Å². The van der Waals surface area contributed by atoms with E-state index in [1.807, 2.05) is 0 Å². The molecule has 4 heteroatoms. The summed E-state index contributed by atoms with van der Waals surface area (Å²) in [6.45, 7) is 3.56. The van der Waals surface area contributed by atoms with E-state index < -0.39 is 0 Å². The van der Waals surface area contributed by atoms with Crippen molar-refractivity contribution in [1.82, 2.24) is 10.6 Å². The van der Waals surface area contributed by atoms with E-state index in [0.29, 0.717) is 18.9 Å². The molecule has 0 spiro atoms. The van der Waals surface area contributed by atoms with E-state index in [9.17, 15) is 4.79 Å². The summed E-state index contributed by atoms with van der Waals surface area (Å²) in [5.74, 6) is 0.770. The third-order valence-electron chi connectivity index (χ3n) is 2.78. The molecular formula is C11H22N2O2. The number of piperidine rings is 1. The zero-order valence-corrected chi connectivity index (χ0v) is 9.55. The molecule has 2 N–H and O–H groups in total. The molecule has 1 amide bonds. The Morgan fingerprint density at radius 1 is 1.47 bits per heavy atom. The Hall–Kier alpha value is -0.610. The first-order valence-corrected chi connectivity index (χ1v) is 5.79. The van der Waals surface area contributed by atoms with Gasteiger partial charge in [0.05, 0.1) is 0 Å². The van der Waals surface area contributed by atoms with Gasteiger partial charge in [0, 0.05) is 26.7 Å². The highest BCUT2D eigenvalue weighted by atomic mass is 16.5. The Bertz CT molecular complexity index is 179. The number of rotatable bonds is 6. The molecule has 1 saturated heterocycles. The van der Waals surface area contributed by atoms with Crippen molar-refractivity contribution in [1.29, 1.82) is 0 Å². The maximum Gasteiger partial charge on any atom is 0.220 e. The van der Waals surface area contributed by atoms with Crippen LogP contribution in [0.4, 0.5) is 0 Å². The molecule has 0 aromatic carbocycles. The molecule has 1 aliphatic rings. The van der Waals surface area contributed by atoms with Crippen LogP contribution in [0.1, 0.15) is 25.7 Å². The highest BCUT2D eigenvalue weighted by molar-refractivity contribution is 5.76. The van der Waals surface area contributed by atoms with E-state index in [1.54, 1.807) is 7.11 Å². The Morgan fingerprint density at radius 3 is 2.87 bits per heavy atom. The monoisotopic (exact) mass is 214 g/mol. The van der Waals surface area contributed by atoms with E-state index in [-0.39, 0.29) is 5.91 Å². The number of hydrogen-bond donors (Lipinski definition) is 2. The predicted octanol–water partition coefficient (Wildman–Crippen LogP) is 0.529. The minimum atomic E-state index is 0.193. The molecule has 4 nitrogen and oxygen atoms in total. The van der Waals surface area contributed by atoms with E-state index in [4.69, 9.17) is 4.74 Å². The van der Waals surface area contributed by atoms with Crippen LogP contribution in [0, 0.1) is 5.92 Å². The first-order valence-electron chi connectivity index (χ1n) is 5.79. The number of amides is 1. The first kappa shape index (κ1) is 12.5. The summed E-state index contributed by atoms with van der Waals surface area (Å²) in [5, 5.41) is 6.23. The first-order chi connectivity index (χ1) is 7.33. The van der Waals surface area contributed by atoms with Gasteiger partial charge in [0.2, 0.25) is 5.91 Å². The van der Waals surface area contributed by atoms with Crippen LogP contribution in [0.25, 0.3) is 0 Å². The van der Waals surface area contributed by atoms with Gasteiger partial charge in [-0.15, -0.1) is 0 Å². The number of nitrogens with one attached hydrogen (secondary N) is 2. The van der Waals surface area contributed by atoms with Gasteiger partial charge in [0.25, 0.3) is 0 Å². The summed E-state index contributed by atoms with van der Waals surface area (Å²) in [6, 6.07) is 0. The van der Waals surface area contributed by atoms with Crippen LogP contribution >= 0.6 is 0 Å². The van der Waals surface area contributed by atoms with Crippen molar-refractivity contribution in [2.24, 2.45) is 5.92 Å². The molecule has 0 aromatic rings. The Labute approximate surface area is 91.8 Å². The van der Waals surface area contributed by atoms with E-state index in [2.05, 4.69) is 10.6 Å². The number of methoxy groups -OCH3 is 1.